The highest BCUT2D eigenvalue weighted by molar-refractivity contribution is 6.08. The third kappa shape index (κ3) is 3.00. The molecule has 3 aromatic rings. The van der Waals surface area contributed by atoms with Crippen LogP contribution in [-0.2, 0) is 4.74 Å². The number of H-pyrrole nitrogens is 1. The molecule has 9 nitrogen and oxygen atoms in total. The molecule has 0 bridgehead atoms. The number of anilines is 1. The minimum atomic E-state index is -1.31. The standard InChI is InChI=1S/C17H15N5O4/c23-16(13-14(17(24)25)19-6-5-18-13)20-9-3-4-10-11(8-9)22-15(21-10)12-2-1-7-26-12/h3-6,8,12H,1-2,7H2,(H,20,23)(H,21,22)(H,24,25)/t12-/m1/s1. The fourth-order valence-corrected chi connectivity index (χ4v) is 2.90. The molecule has 1 amide bonds. The van der Waals surface area contributed by atoms with Crippen molar-refractivity contribution in [3.05, 3.63) is 47.8 Å². The fourth-order valence-electron chi connectivity index (χ4n) is 2.90. The number of fused-ring (bicyclic) bond motifs is 1. The Kier molecular flexibility index (Phi) is 4.05. The Hall–Kier alpha value is -3.33. The fraction of sp³-hybridized carbons (Fsp3) is 0.235. The van der Waals surface area contributed by atoms with Gasteiger partial charge in [0.05, 0.1) is 11.0 Å². The molecule has 0 radical (unpaired) electrons. The van der Waals surface area contributed by atoms with Gasteiger partial charge in [-0.15, -0.1) is 0 Å². The lowest BCUT2D eigenvalue weighted by Crippen LogP contribution is -2.19. The van der Waals surface area contributed by atoms with Gasteiger partial charge < -0.3 is 20.1 Å². The second-order valence-corrected chi connectivity index (χ2v) is 5.87. The number of amides is 1. The van der Waals surface area contributed by atoms with Crippen molar-refractivity contribution >= 4 is 28.6 Å². The van der Waals surface area contributed by atoms with Crippen LogP contribution in [0.1, 0.15) is 45.7 Å². The van der Waals surface area contributed by atoms with Gasteiger partial charge in [-0.25, -0.2) is 19.7 Å². The van der Waals surface area contributed by atoms with Gasteiger partial charge in [-0.1, -0.05) is 0 Å². The number of nitrogens with one attached hydrogen (secondary N) is 2. The van der Waals surface area contributed by atoms with Gasteiger partial charge in [0.25, 0.3) is 5.91 Å². The molecule has 9 heteroatoms. The number of carboxylic acid groups (broad SMARTS) is 1. The summed E-state index contributed by atoms with van der Waals surface area (Å²) < 4.78 is 5.62. The number of carboxylic acids is 1. The van der Waals surface area contributed by atoms with Gasteiger partial charge in [-0.05, 0) is 31.0 Å². The summed E-state index contributed by atoms with van der Waals surface area (Å²) in [4.78, 5) is 38.8. The second-order valence-electron chi connectivity index (χ2n) is 5.87. The topological polar surface area (TPSA) is 130 Å². The molecular weight excluding hydrogens is 338 g/mol. The maximum atomic E-state index is 12.4. The Morgan fingerprint density at radius 1 is 1.23 bits per heavy atom. The molecule has 0 saturated carbocycles. The molecule has 132 valence electrons. The van der Waals surface area contributed by atoms with Crippen molar-refractivity contribution in [1.82, 2.24) is 19.9 Å². The molecule has 0 aliphatic carbocycles. The normalized spacial score (nSPS) is 16.7. The van der Waals surface area contributed by atoms with Crippen LogP contribution in [0.5, 0.6) is 0 Å². The van der Waals surface area contributed by atoms with Gasteiger partial charge in [0.2, 0.25) is 0 Å². The number of aromatic nitrogens is 4. The van der Waals surface area contributed by atoms with Gasteiger partial charge in [0.1, 0.15) is 11.9 Å². The van der Waals surface area contributed by atoms with Crippen LogP contribution >= 0.6 is 0 Å². The number of benzene rings is 1. The van der Waals surface area contributed by atoms with E-state index in [0.717, 1.165) is 36.3 Å². The zero-order chi connectivity index (χ0) is 18.1. The summed E-state index contributed by atoms with van der Waals surface area (Å²) >= 11 is 0. The van der Waals surface area contributed by atoms with Crippen molar-refractivity contribution in [2.45, 2.75) is 18.9 Å². The molecule has 0 unspecified atom stereocenters. The lowest BCUT2D eigenvalue weighted by molar-refractivity contribution is 0.0685. The number of hydrogen-bond acceptors (Lipinski definition) is 6. The molecule has 2 aromatic heterocycles. The van der Waals surface area contributed by atoms with Crippen LogP contribution in [0.3, 0.4) is 0 Å². The summed E-state index contributed by atoms with van der Waals surface area (Å²) in [6.07, 6.45) is 4.40. The van der Waals surface area contributed by atoms with E-state index in [9.17, 15) is 9.59 Å². The monoisotopic (exact) mass is 353 g/mol. The lowest BCUT2D eigenvalue weighted by atomic mass is 10.2. The molecular formula is C17H15N5O4. The first kappa shape index (κ1) is 16.2. The van der Waals surface area contributed by atoms with E-state index in [4.69, 9.17) is 9.84 Å². The van der Waals surface area contributed by atoms with Crippen LogP contribution in [0.15, 0.2) is 30.6 Å². The largest absolute Gasteiger partial charge is 0.476 e. The Morgan fingerprint density at radius 3 is 2.77 bits per heavy atom. The average molecular weight is 353 g/mol. The molecule has 1 atom stereocenters. The molecule has 26 heavy (non-hydrogen) atoms. The Balaban J connectivity index is 1.59. The number of carbonyl (C=O) groups excluding carboxylic acids is 1. The molecule has 4 rings (SSSR count). The number of carbonyl (C=O) groups is 2. The molecule has 1 fully saturated rings. The Labute approximate surface area is 147 Å². The van der Waals surface area contributed by atoms with E-state index in [0.29, 0.717) is 5.69 Å². The molecule has 3 N–H and O–H groups in total. The molecule has 1 aliphatic rings. The molecule has 0 spiro atoms. The van der Waals surface area contributed by atoms with Crippen molar-refractivity contribution in [2.24, 2.45) is 0 Å². The molecule has 1 saturated heterocycles. The Bertz CT molecular complexity index is 994. The first-order valence-electron chi connectivity index (χ1n) is 8.09. The Morgan fingerprint density at radius 2 is 2.04 bits per heavy atom. The highest BCUT2D eigenvalue weighted by atomic mass is 16.5. The van der Waals surface area contributed by atoms with E-state index in [2.05, 4.69) is 25.3 Å². The average Bonchev–Trinajstić information content (AvgIpc) is 3.30. The maximum absolute atomic E-state index is 12.4. The number of imidazole rings is 1. The van der Waals surface area contributed by atoms with E-state index in [1.165, 1.54) is 12.4 Å². The van der Waals surface area contributed by atoms with Gasteiger partial charge in [0, 0.05) is 24.7 Å². The van der Waals surface area contributed by atoms with Crippen molar-refractivity contribution < 1.29 is 19.4 Å². The number of aromatic carboxylic acids is 1. The summed E-state index contributed by atoms with van der Waals surface area (Å²) in [5.41, 5.74) is 1.37. The SMILES string of the molecule is O=C(O)c1nccnc1C(=O)Nc1ccc2nc([C@H]3CCCO3)[nH]c2c1. The van der Waals surface area contributed by atoms with Gasteiger partial charge in [-0.2, -0.15) is 0 Å². The zero-order valence-corrected chi connectivity index (χ0v) is 13.6. The first-order chi connectivity index (χ1) is 12.6. The number of hydrogen-bond donors (Lipinski definition) is 3. The summed E-state index contributed by atoms with van der Waals surface area (Å²) in [6.45, 7) is 0.729. The van der Waals surface area contributed by atoms with Crippen LogP contribution in [0.4, 0.5) is 5.69 Å². The highest BCUT2D eigenvalue weighted by Crippen LogP contribution is 2.28. The predicted octanol–water partition coefficient (Wildman–Crippen LogP) is 2.15. The molecule has 3 heterocycles. The van der Waals surface area contributed by atoms with Crippen LogP contribution < -0.4 is 5.32 Å². The lowest BCUT2D eigenvalue weighted by Gasteiger charge is -2.06. The van der Waals surface area contributed by atoms with Crippen LogP contribution in [0.25, 0.3) is 11.0 Å². The number of aromatic amines is 1. The zero-order valence-electron chi connectivity index (χ0n) is 13.6. The van der Waals surface area contributed by atoms with Gasteiger partial charge >= 0.3 is 5.97 Å². The predicted molar refractivity (Wildman–Crippen MR) is 91.0 cm³/mol. The third-order valence-corrected chi connectivity index (χ3v) is 4.11. The second kappa shape index (κ2) is 6.52. The number of rotatable bonds is 4. The smallest absolute Gasteiger partial charge is 0.356 e. The highest BCUT2D eigenvalue weighted by Gasteiger charge is 2.22. The van der Waals surface area contributed by atoms with Crippen molar-refractivity contribution in [2.75, 3.05) is 11.9 Å². The third-order valence-electron chi connectivity index (χ3n) is 4.11. The minimum Gasteiger partial charge on any atom is -0.476 e. The van der Waals surface area contributed by atoms with Gasteiger partial charge in [-0.3, -0.25) is 4.79 Å². The summed E-state index contributed by atoms with van der Waals surface area (Å²) in [6, 6.07) is 5.20. The van der Waals surface area contributed by atoms with Crippen LogP contribution in [-0.4, -0.2) is 43.5 Å². The first-order valence-corrected chi connectivity index (χ1v) is 8.09. The van der Waals surface area contributed by atoms with Crippen molar-refractivity contribution in [3.63, 3.8) is 0 Å². The maximum Gasteiger partial charge on any atom is 0.356 e. The number of ether oxygens (including phenoxy) is 1. The van der Waals surface area contributed by atoms with E-state index in [1.54, 1.807) is 18.2 Å². The quantitative estimate of drug-likeness (QED) is 0.655. The van der Waals surface area contributed by atoms with E-state index >= 15 is 0 Å². The molecule has 1 aromatic carbocycles. The van der Waals surface area contributed by atoms with Crippen molar-refractivity contribution in [1.29, 1.82) is 0 Å². The summed E-state index contributed by atoms with van der Waals surface area (Å²) in [7, 11) is 0. The van der Waals surface area contributed by atoms with E-state index in [1.807, 2.05) is 0 Å². The summed E-state index contributed by atoms with van der Waals surface area (Å²) in [5.74, 6) is -1.19. The molecule has 1 aliphatic heterocycles. The number of nitrogens with zero attached hydrogens (tertiary/aromatic N) is 3. The minimum absolute atomic E-state index is 0.0295. The van der Waals surface area contributed by atoms with Gasteiger partial charge in [0.15, 0.2) is 11.4 Å². The van der Waals surface area contributed by atoms with E-state index < -0.39 is 17.6 Å². The summed E-state index contributed by atoms with van der Waals surface area (Å²) in [5, 5.41) is 11.8. The van der Waals surface area contributed by atoms with Crippen molar-refractivity contribution in [3.8, 4) is 0 Å². The van der Waals surface area contributed by atoms with E-state index in [-0.39, 0.29) is 11.8 Å². The van der Waals surface area contributed by atoms with Crippen LogP contribution in [0, 0.1) is 0 Å². The van der Waals surface area contributed by atoms with Crippen LogP contribution in [0.2, 0.25) is 0 Å².